The molecule has 3 rings (SSSR count). The van der Waals surface area contributed by atoms with Crippen LogP contribution in [0.15, 0.2) is 39.9 Å². The number of aryl methyl sites for hydroxylation is 1. The first-order valence-electron chi connectivity index (χ1n) is 7.08. The van der Waals surface area contributed by atoms with Crippen molar-refractivity contribution in [3.63, 3.8) is 0 Å². The summed E-state index contributed by atoms with van der Waals surface area (Å²) in [7, 11) is 0. The summed E-state index contributed by atoms with van der Waals surface area (Å²) < 4.78 is 7.26. The van der Waals surface area contributed by atoms with Gasteiger partial charge in [0.25, 0.3) is 0 Å². The van der Waals surface area contributed by atoms with E-state index in [0.29, 0.717) is 35.4 Å². The maximum absolute atomic E-state index is 9.97. The Kier molecular flexibility index (Phi) is 5.26. The molecule has 0 radical (unpaired) electrons. The highest BCUT2D eigenvalue weighted by Gasteiger charge is 2.21. The molecular formula is C17H12ClI2NO3. The monoisotopic (exact) mass is 567 g/mol. The maximum atomic E-state index is 9.97. The van der Waals surface area contributed by atoms with Crippen molar-refractivity contribution in [1.82, 2.24) is 0 Å². The van der Waals surface area contributed by atoms with Crippen molar-refractivity contribution in [2.75, 3.05) is 0 Å². The Morgan fingerprint density at radius 3 is 2.46 bits per heavy atom. The number of phenols is 1. The van der Waals surface area contributed by atoms with Crippen LogP contribution in [0.3, 0.4) is 0 Å². The molecule has 1 heterocycles. The van der Waals surface area contributed by atoms with Gasteiger partial charge in [0.2, 0.25) is 0 Å². The van der Waals surface area contributed by atoms with Gasteiger partial charge in [0, 0.05) is 28.5 Å². The van der Waals surface area contributed by atoms with E-state index in [9.17, 15) is 10.3 Å². The molecular weight excluding hydrogens is 555 g/mol. The van der Waals surface area contributed by atoms with Crippen LogP contribution in [0.2, 0.25) is 5.02 Å². The molecule has 0 aliphatic rings. The van der Waals surface area contributed by atoms with Crippen molar-refractivity contribution >= 4 is 73.5 Å². The zero-order valence-electron chi connectivity index (χ0n) is 12.5. The maximum Gasteiger partial charge on any atom is 0.142 e. The molecule has 0 fully saturated rings. The molecule has 0 aliphatic carbocycles. The molecule has 0 amide bonds. The lowest BCUT2D eigenvalue weighted by Crippen LogP contribution is -2.06. The first-order chi connectivity index (χ1) is 11.5. The lowest BCUT2D eigenvalue weighted by atomic mass is 9.98. The SMILES string of the molecule is CCc1oc2cc(Cl)ccc2c1/C(=N\O)c1cc(I)c(O)c(I)c1. The number of benzene rings is 2. The van der Waals surface area contributed by atoms with Gasteiger partial charge in [-0.25, -0.2) is 0 Å². The predicted molar refractivity (Wildman–Crippen MR) is 112 cm³/mol. The predicted octanol–water partition coefficient (Wildman–Crippen LogP) is 5.79. The van der Waals surface area contributed by atoms with Gasteiger partial charge < -0.3 is 14.7 Å². The third-order valence-corrected chi connectivity index (χ3v) is 5.55. The number of aromatic hydroxyl groups is 1. The topological polar surface area (TPSA) is 66.0 Å². The summed E-state index contributed by atoms with van der Waals surface area (Å²) in [5.41, 5.74) is 2.50. The van der Waals surface area contributed by atoms with Crippen LogP contribution in [-0.4, -0.2) is 16.0 Å². The van der Waals surface area contributed by atoms with Gasteiger partial charge in [-0.3, -0.25) is 0 Å². The van der Waals surface area contributed by atoms with Crippen molar-refractivity contribution < 1.29 is 14.7 Å². The minimum absolute atomic E-state index is 0.219. The Labute approximate surface area is 170 Å². The van der Waals surface area contributed by atoms with E-state index in [1.807, 2.05) is 13.0 Å². The lowest BCUT2D eigenvalue weighted by molar-refractivity contribution is 0.319. The van der Waals surface area contributed by atoms with Crippen molar-refractivity contribution in [2.45, 2.75) is 13.3 Å². The number of fused-ring (bicyclic) bond motifs is 1. The molecule has 0 spiro atoms. The van der Waals surface area contributed by atoms with E-state index < -0.39 is 0 Å². The molecule has 2 aromatic carbocycles. The Morgan fingerprint density at radius 2 is 1.88 bits per heavy atom. The van der Waals surface area contributed by atoms with E-state index in [2.05, 4.69) is 50.3 Å². The number of nitrogens with zero attached hydrogens (tertiary/aromatic N) is 1. The smallest absolute Gasteiger partial charge is 0.142 e. The summed E-state index contributed by atoms with van der Waals surface area (Å²) in [6.45, 7) is 1.97. The van der Waals surface area contributed by atoms with E-state index in [-0.39, 0.29) is 5.75 Å². The molecule has 7 heteroatoms. The summed E-state index contributed by atoms with van der Waals surface area (Å²) in [6.07, 6.45) is 0.646. The number of furan rings is 1. The Hall–Kier alpha value is -1.000. The van der Waals surface area contributed by atoms with E-state index in [0.717, 1.165) is 16.7 Å². The number of hydrogen-bond acceptors (Lipinski definition) is 4. The second-order valence-electron chi connectivity index (χ2n) is 5.13. The second-order valence-corrected chi connectivity index (χ2v) is 7.89. The van der Waals surface area contributed by atoms with Gasteiger partial charge >= 0.3 is 0 Å². The molecule has 24 heavy (non-hydrogen) atoms. The molecule has 0 atom stereocenters. The molecule has 0 aliphatic heterocycles. The molecule has 1 aromatic heterocycles. The molecule has 124 valence electrons. The van der Waals surface area contributed by atoms with Gasteiger partial charge in [-0.2, -0.15) is 0 Å². The Bertz CT molecular complexity index is 943. The zero-order chi connectivity index (χ0) is 17.4. The second kappa shape index (κ2) is 7.09. The first-order valence-corrected chi connectivity index (χ1v) is 9.61. The first kappa shape index (κ1) is 17.8. The lowest BCUT2D eigenvalue weighted by Gasteiger charge is -2.09. The molecule has 0 unspecified atom stereocenters. The molecule has 2 N–H and O–H groups in total. The van der Waals surface area contributed by atoms with Crippen LogP contribution in [0.25, 0.3) is 11.0 Å². The van der Waals surface area contributed by atoms with Crippen LogP contribution in [0.5, 0.6) is 5.75 Å². The average molecular weight is 568 g/mol. The van der Waals surface area contributed by atoms with Crippen molar-refractivity contribution in [2.24, 2.45) is 5.16 Å². The van der Waals surface area contributed by atoms with Crippen LogP contribution in [0.1, 0.15) is 23.8 Å². The molecule has 0 saturated heterocycles. The highest BCUT2D eigenvalue weighted by Crippen LogP contribution is 2.33. The standard InChI is InChI=1S/C17H12ClI2NO3/c1-2-13-15(10-4-3-9(18)7-14(10)24-13)16(21-23)8-5-11(19)17(22)12(20)6-8/h3-7,22-23H,2H2,1H3/b21-16-. The highest BCUT2D eigenvalue weighted by molar-refractivity contribution is 14.1. The van der Waals surface area contributed by atoms with Crippen molar-refractivity contribution in [3.05, 3.63) is 59.4 Å². The molecule has 3 aromatic rings. The highest BCUT2D eigenvalue weighted by atomic mass is 127. The summed E-state index contributed by atoms with van der Waals surface area (Å²) in [5, 5.41) is 24.6. The number of oxime groups is 1. The van der Waals surface area contributed by atoms with Crippen LogP contribution < -0.4 is 0 Å². The van der Waals surface area contributed by atoms with Gasteiger partial charge in [-0.05, 0) is 69.4 Å². The van der Waals surface area contributed by atoms with E-state index in [1.165, 1.54) is 0 Å². The Morgan fingerprint density at radius 1 is 1.21 bits per heavy atom. The summed E-state index contributed by atoms with van der Waals surface area (Å²) in [6, 6.07) is 8.94. The molecule has 0 saturated carbocycles. The minimum Gasteiger partial charge on any atom is -0.506 e. The van der Waals surface area contributed by atoms with Gasteiger partial charge in [0.15, 0.2) is 0 Å². The molecule has 0 bridgehead atoms. The number of phenolic OH excluding ortho intramolecular Hbond substituents is 1. The largest absolute Gasteiger partial charge is 0.506 e. The summed E-state index contributed by atoms with van der Waals surface area (Å²) in [5.74, 6) is 0.940. The third kappa shape index (κ3) is 3.11. The third-order valence-electron chi connectivity index (χ3n) is 3.67. The van der Waals surface area contributed by atoms with Crippen LogP contribution in [0.4, 0.5) is 0 Å². The van der Waals surface area contributed by atoms with Crippen LogP contribution >= 0.6 is 56.8 Å². The van der Waals surface area contributed by atoms with Gasteiger partial charge in [0.1, 0.15) is 22.8 Å². The minimum atomic E-state index is 0.219. The average Bonchev–Trinajstić information content (AvgIpc) is 2.91. The Balaban J connectivity index is 2.28. The van der Waals surface area contributed by atoms with Crippen LogP contribution in [0, 0.1) is 7.14 Å². The quantitative estimate of drug-likeness (QED) is 0.182. The number of hydrogen-bond donors (Lipinski definition) is 2. The fourth-order valence-corrected chi connectivity index (χ4v) is 4.51. The van der Waals surface area contributed by atoms with Crippen molar-refractivity contribution in [1.29, 1.82) is 0 Å². The van der Waals surface area contributed by atoms with Crippen LogP contribution in [-0.2, 0) is 6.42 Å². The fraction of sp³-hybridized carbons (Fsp3) is 0.118. The normalized spacial score (nSPS) is 12.1. The van der Waals surface area contributed by atoms with Gasteiger partial charge in [-0.15, -0.1) is 0 Å². The summed E-state index contributed by atoms with van der Waals surface area (Å²) in [4.78, 5) is 0. The molecule has 4 nitrogen and oxygen atoms in total. The van der Waals surface area contributed by atoms with Gasteiger partial charge in [0.05, 0.1) is 12.7 Å². The summed E-state index contributed by atoms with van der Waals surface area (Å²) >= 11 is 10.1. The van der Waals surface area contributed by atoms with E-state index in [4.69, 9.17) is 16.0 Å². The van der Waals surface area contributed by atoms with Crippen molar-refractivity contribution in [3.8, 4) is 5.75 Å². The van der Waals surface area contributed by atoms with E-state index >= 15 is 0 Å². The number of halogens is 3. The van der Waals surface area contributed by atoms with Gasteiger partial charge in [-0.1, -0.05) is 23.7 Å². The van der Waals surface area contributed by atoms with E-state index in [1.54, 1.807) is 24.3 Å². The zero-order valence-corrected chi connectivity index (χ0v) is 17.5. The number of rotatable bonds is 3. The fourth-order valence-electron chi connectivity index (χ4n) is 2.58.